The van der Waals surface area contributed by atoms with Crippen LogP contribution in [0.1, 0.15) is 70.4 Å². The molecule has 0 atom stereocenters. The number of piperidine rings is 1. The molecule has 3 N–H and O–H groups in total. The lowest BCUT2D eigenvalue weighted by Gasteiger charge is -2.33. The zero-order valence-corrected chi connectivity index (χ0v) is 20.0. The van der Waals surface area contributed by atoms with E-state index in [-0.39, 0.29) is 5.91 Å². The summed E-state index contributed by atoms with van der Waals surface area (Å²) in [6, 6.07) is 12.2. The number of benzene rings is 2. The number of carbonyl (C=O) groups excluding carboxylic acids is 1. The predicted octanol–water partition coefficient (Wildman–Crippen LogP) is 4.58. The molecule has 3 heterocycles. The van der Waals surface area contributed by atoms with Crippen LogP contribution in [0.15, 0.2) is 36.4 Å². The molecule has 0 bridgehead atoms. The minimum atomic E-state index is 0.0960. The third kappa shape index (κ3) is 4.57. The number of carbonyl (C=O) groups is 1. The molecule has 0 unspecified atom stereocenters. The van der Waals surface area contributed by atoms with Crippen molar-refractivity contribution in [2.75, 3.05) is 32.0 Å². The highest BCUT2D eigenvalue weighted by Crippen LogP contribution is 2.31. The summed E-state index contributed by atoms with van der Waals surface area (Å²) < 4.78 is 5.47. The molecule has 3 aromatic rings. The van der Waals surface area contributed by atoms with Gasteiger partial charge in [0.25, 0.3) is 5.91 Å². The number of hydrogen-bond donors (Lipinski definition) is 2. The predicted molar refractivity (Wildman–Crippen MR) is 133 cm³/mol. The molecular formula is C27H33N5O2. The quantitative estimate of drug-likeness (QED) is 0.557. The number of nitrogen functional groups attached to an aromatic ring is 1. The Morgan fingerprint density at radius 2 is 1.68 bits per heavy atom. The van der Waals surface area contributed by atoms with E-state index in [9.17, 15) is 4.79 Å². The first-order chi connectivity index (χ1) is 16.5. The van der Waals surface area contributed by atoms with E-state index < -0.39 is 0 Å². The van der Waals surface area contributed by atoms with Crippen molar-refractivity contribution in [1.82, 2.24) is 20.1 Å². The van der Waals surface area contributed by atoms with Gasteiger partial charge in [-0.2, -0.15) is 0 Å². The molecule has 2 fully saturated rings. The number of anilines is 1. The molecule has 7 heteroatoms. The van der Waals surface area contributed by atoms with Crippen LogP contribution in [0.2, 0.25) is 0 Å². The third-order valence-electron chi connectivity index (χ3n) is 7.36. The Morgan fingerprint density at radius 1 is 0.971 bits per heavy atom. The molecule has 1 aromatic heterocycles. The second kappa shape index (κ2) is 9.58. The van der Waals surface area contributed by atoms with Crippen molar-refractivity contribution in [2.45, 2.75) is 51.4 Å². The maximum absolute atomic E-state index is 13.5. The fraction of sp³-hybridized carbons (Fsp3) is 0.444. The summed E-state index contributed by atoms with van der Waals surface area (Å²) in [4.78, 5) is 18.9. The third-order valence-corrected chi connectivity index (χ3v) is 7.36. The number of nitrogens with zero attached hydrogens (tertiary/aromatic N) is 3. The molecular weight excluding hydrogens is 426 g/mol. The van der Waals surface area contributed by atoms with E-state index in [4.69, 9.17) is 10.5 Å². The summed E-state index contributed by atoms with van der Waals surface area (Å²) in [6.45, 7) is 7.11. The molecule has 178 valence electrons. The van der Waals surface area contributed by atoms with Gasteiger partial charge in [0, 0.05) is 49.0 Å². The lowest BCUT2D eigenvalue weighted by atomic mass is 9.89. The fourth-order valence-corrected chi connectivity index (χ4v) is 5.24. The molecule has 0 aliphatic carbocycles. The van der Waals surface area contributed by atoms with Crippen LogP contribution in [-0.4, -0.2) is 52.3 Å². The van der Waals surface area contributed by atoms with E-state index in [1.165, 1.54) is 5.56 Å². The number of aryl methyl sites for hydroxylation is 2. The Balaban J connectivity index is 1.32. The number of amides is 1. The molecule has 0 saturated carbocycles. The summed E-state index contributed by atoms with van der Waals surface area (Å²) in [5.41, 5.74) is 11.7. The summed E-state index contributed by atoms with van der Waals surface area (Å²) in [5.74, 6) is 2.56. The first kappa shape index (κ1) is 22.6. The highest BCUT2D eigenvalue weighted by Gasteiger charge is 2.27. The lowest BCUT2D eigenvalue weighted by Crippen LogP contribution is -2.38. The fourth-order valence-electron chi connectivity index (χ4n) is 5.24. The van der Waals surface area contributed by atoms with Crippen LogP contribution in [0.3, 0.4) is 0 Å². The number of ether oxygens (including phenoxy) is 1. The zero-order chi connectivity index (χ0) is 23.7. The Labute approximate surface area is 200 Å². The highest BCUT2D eigenvalue weighted by atomic mass is 16.5. The second-order valence-corrected chi connectivity index (χ2v) is 9.66. The van der Waals surface area contributed by atoms with Crippen molar-refractivity contribution in [2.24, 2.45) is 0 Å². The SMILES string of the molecule is Cc1cc(C)c(-c2nnc(C3CCOCC3)[nH]2)cc1C(=O)N1CCC(c2ccc(N)cc2)CC1. The molecule has 0 radical (unpaired) electrons. The number of nitrogens with one attached hydrogen (secondary N) is 1. The average Bonchev–Trinajstić information content (AvgIpc) is 3.35. The van der Waals surface area contributed by atoms with Gasteiger partial charge in [-0.05, 0) is 80.3 Å². The molecule has 7 nitrogen and oxygen atoms in total. The van der Waals surface area contributed by atoms with Gasteiger partial charge in [-0.3, -0.25) is 4.79 Å². The number of hydrogen-bond acceptors (Lipinski definition) is 5. The van der Waals surface area contributed by atoms with Crippen LogP contribution in [0.4, 0.5) is 5.69 Å². The van der Waals surface area contributed by atoms with Gasteiger partial charge in [0.2, 0.25) is 0 Å². The first-order valence-electron chi connectivity index (χ1n) is 12.3. The first-order valence-corrected chi connectivity index (χ1v) is 12.3. The molecule has 5 rings (SSSR count). The Bertz CT molecular complexity index is 1160. The number of nitrogens with two attached hydrogens (primary N) is 1. The van der Waals surface area contributed by atoms with E-state index in [1.807, 2.05) is 30.0 Å². The molecule has 2 aliphatic rings. The highest BCUT2D eigenvalue weighted by molar-refractivity contribution is 5.97. The monoisotopic (exact) mass is 459 g/mol. The van der Waals surface area contributed by atoms with Gasteiger partial charge in [-0.1, -0.05) is 18.2 Å². The average molecular weight is 460 g/mol. The summed E-state index contributed by atoms with van der Waals surface area (Å²) in [7, 11) is 0. The Morgan fingerprint density at radius 3 is 2.38 bits per heavy atom. The molecule has 2 saturated heterocycles. The molecule has 0 spiro atoms. The maximum Gasteiger partial charge on any atom is 0.254 e. The number of aromatic amines is 1. The maximum atomic E-state index is 13.5. The molecule has 2 aliphatic heterocycles. The molecule has 1 amide bonds. The van der Waals surface area contributed by atoms with Gasteiger partial charge in [0.05, 0.1) is 0 Å². The van der Waals surface area contributed by atoms with E-state index in [2.05, 4.69) is 40.3 Å². The van der Waals surface area contributed by atoms with Gasteiger partial charge in [0.1, 0.15) is 5.82 Å². The number of rotatable bonds is 4. The van der Waals surface area contributed by atoms with Gasteiger partial charge >= 0.3 is 0 Å². The topological polar surface area (TPSA) is 97.1 Å². The van der Waals surface area contributed by atoms with Gasteiger partial charge in [-0.25, -0.2) is 0 Å². The van der Waals surface area contributed by atoms with Crippen molar-refractivity contribution < 1.29 is 9.53 Å². The van der Waals surface area contributed by atoms with Crippen LogP contribution < -0.4 is 5.73 Å². The van der Waals surface area contributed by atoms with Crippen molar-refractivity contribution in [1.29, 1.82) is 0 Å². The lowest BCUT2D eigenvalue weighted by molar-refractivity contribution is 0.0712. The van der Waals surface area contributed by atoms with Crippen LogP contribution in [0.5, 0.6) is 0 Å². The number of H-pyrrole nitrogens is 1. The summed E-state index contributed by atoms with van der Waals surface area (Å²) >= 11 is 0. The minimum absolute atomic E-state index is 0.0960. The van der Waals surface area contributed by atoms with Gasteiger partial charge in [0.15, 0.2) is 5.82 Å². The smallest absolute Gasteiger partial charge is 0.254 e. The van der Waals surface area contributed by atoms with Crippen molar-refractivity contribution in [3.05, 3.63) is 64.5 Å². The zero-order valence-electron chi connectivity index (χ0n) is 20.0. The van der Waals surface area contributed by atoms with Crippen molar-refractivity contribution >= 4 is 11.6 Å². The van der Waals surface area contributed by atoms with Crippen molar-refractivity contribution in [3.8, 4) is 11.4 Å². The summed E-state index contributed by atoms with van der Waals surface area (Å²) in [5, 5.41) is 8.86. The summed E-state index contributed by atoms with van der Waals surface area (Å²) in [6.07, 6.45) is 3.84. The van der Waals surface area contributed by atoms with Gasteiger partial charge in [-0.15, -0.1) is 10.2 Å². The minimum Gasteiger partial charge on any atom is -0.399 e. The molecule has 34 heavy (non-hydrogen) atoms. The van der Waals surface area contributed by atoms with Gasteiger partial charge < -0.3 is 20.4 Å². The molecule has 2 aromatic carbocycles. The normalized spacial score (nSPS) is 17.8. The van der Waals surface area contributed by atoms with Crippen LogP contribution >= 0.6 is 0 Å². The largest absolute Gasteiger partial charge is 0.399 e. The standard InChI is InChI=1S/C27H33N5O2/c1-17-15-18(2)24(16-23(17)26-29-25(30-31-26)21-9-13-34-14-10-21)27(33)32-11-7-20(8-12-32)19-3-5-22(28)6-4-19/h3-6,15-16,20-21H,7-14,28H2,1-2H3,(H,29,30,31). The van der Waals surface area contributed by atoms with E-state index in [1.54, 1.807) is 0 Å². The Hall–Kier alpha value is -3.19. The van der Waals surface area contributed by atoms with Crippen LogP contribution in [0.25, 0.3) is 11.4 Å². The van der Waals surface area contributed by atoms with E-state index in [0.717, 1.165) is 91.6 Å². The number of aromatic nitrogens is 3. The van der Waals surface area contributed by atoms with E-state index in [0.29, 0.717) is 11.8 Å². The Kier molecular flexibility index (Phi) is 6.37. The van der Waals surface area contributed by atoms with Crippen LogP contribution in [-0.2, 0) is 4.74 Å². The number of likely N-dealkylation sites (tertiary alicyclic amines) is 1. The van der Waals surface area contributed by atoms with Crippen LogP contribution in [0, 0.1) is 13.8 Å². The van der Waals surface area contributed by atoms with Crippen molar-refractivity contribution in [3.63, 3.8) is 0 Å². The van der Waals surface area contributed by atoms with E-state index >= 15 is 0 Å². The second-order valence-electron chi connectivity index (χ2n) is 9.66.